The van der Waals surface area contributed by atoms with Gasteiger partial charge < -0.3 is 10.2 Å². The number of rotatable bonds is 5. The van der Waals surface area contributed by atoms with E-state index in [0.29, 0.717) is 19.4 Å². The molecule has 2 atom stereocenters. The fraction of sp³-hybridized carbons (Fsp3) is 0.692. The zero-order chi connectivity index (χ0) is 13.7. The first-order valence-corrected chi connectivity index (χ1v) is 6.85. The van der Waals surface area contributed by atoms with E-state index in [1.54, 1.807) is 4.90 Å². The highest BCUT2D eigenvalue weighted by atomic mass is 35.5. The summed E-state index contributed by atoms with van der Waals surface area (Å²) in [5.41, 5.74) is 2.35. The number of amides is 2. The number of halogens is 1. The lowest BCUT2D eigenvalue weighted by Crippen LogP contribution is -2.63. The molecule has 0 saturated carbocycles. The normalized spacial score (nSPS) is 25.3. The highest BCUT2D eigenvalue weighted by molar-refractivity contribution is 6.25. The number of nitrogens with one attached hydrogen (secondary N) is 1. The molecular weight excluding hydrogens is 252 g/mol. The third kappa shape index (κ3) is 3.25. The van der Waals surface area contributed by atoms with Gasteiger partial charge in [0, 0.05) is 12.1 Å². The van der Waals surface area contributed by atoms with Crippen molar-refractivity contribution in [1.82, 2.24) is 10.2 Å². The Kier molecular flexibility index (Phi) is 5.66. The van der Waals surface area contributed by atoms with Crippen LogP contribution in [0.25, 0.3) is 0 Å². The van der Waals surface area contributed by atoms with Crippen molar-refractivity contribution in [2.24, 2.45) is 0 Å². The second kappa shape index (κ2) is 6.78. The van der Waals surface area contributed by atoms with Crippen LogP contribution in [0.1, 0.15) is 40.0 Å². The first-order chi connectivity index (χ1) is 8.54. The number of piperazine rings is 1. The molecule has 0 spiro atoms. The molecule has 2 amide bonds. The Morgan fingerprint density at radius 1 is 1.44 bits per heavy atom. The van der Waals surface area contributed by atoms with Gasteiger partial charge in [-0.25, -0.2) is 0 Å². The predicted octanol–water partition coefficient (Wildman–Crippen LogP) is 2.03. The van der Waals surface area contributed by atoms with Crippen LogP contribution in [-0.4, -0.2) is 35.3 Å². The van der Waals surface area contributed by atoms with E-state index in [-0.39, 0.29) is 17.9 Å². The number of carbonyl (C=O) groups is 2. The highest BCUT2D eigenvalue weighted by Gasteiger charge is 2.38. The zero-order valence-corrected chi connectivity index (χ0v) is 12.0. The molecule has 1 heterocycles. The van der Waals surface area contributed by atoms with E-state index in [1.165, 1.54) is 5.54 Å². The van der Waals surface area contributed by atoms with Crippen LogP contribution in [0.15, 0.2) is 11.1 Å². The fourth-order valence-corrected chi connectivity index (χ4v) is 2.22. The van der Waals surface area contributed by atoms with Crippen molar-refractivity contribution < 1.29 is 9.59 Å². The van der Waals surface area contributed by atoms with Gasteiger partial charge in [0.1, 0.15) is 12.1 Å². The van der Waals surface area contributed by atoms with E-state index < -0.39 is 6.04 Å². The van der Waals surface area contributed by atoms with Crippen LogP contribution in [0.5, 0.6) is 0 Å². The van der Waals surface area contributed by atoms with Crippen molar-refractivity contribution in [1.29, 1.82) is 0 Å². The Labute approximate surface area is 113 Å². The Balaban J connectivity index is 2.93. The van der Waals surface area contributed by atoms with Crippen molar-refractivity contribution in [3.8, 4) is 0 Å². The van der Waals surface area contributed by atoms with Crippen LogP contribution in [0.4, 0.5) is 0 Å². The summed E-state index contributed by atoms with van der Waals surface area (Å²) in [6.07, 6.45) is 2.16. The van der Waals surface area contributed by atoms with E-state index in [2.05, 4.69) is 5.32 Å². The van der Waals surface area contributed by atoms with Gasteiger partial charge >= 0.3 is 0 Å². The summed E-state index contributed by atoms with van der Waals surface area (Å²) < 4.78 is 0. The molecule has 5 heteroatoms. The van der Waals surface area contributed by atoms with E-state index >= 15 is 0 Å². The summed E-state index contributed by atoms with van der Waals surface area (Å²) in [4.78, 5) is 26.0. The average molecular weight is 273 g/mol. The molecule has 1 aliphatic heterocycles. The minimum absolute atomic E-state index is 0.00610. The van der Waals surface area contributed by atoms with Crippen LogP contribution in [0.2, 0.25) is 0 Å². The second-order valence-electron chi connectivity index (χ2n) is 4.70. The molecule has 4 nitrogen and oxygen atoms in total. The van der Waals surface area contributed by atoms with Gasteiger partial charge in [0.2, 0.25) is 11.8 Å². The van der Waals surface area contributed by atoms with Gasteiger partial charge in [-0.05, 0) is 25.3 Å². The Bertz CT molecular complexity index is 355. The molecule has 102 valence electrons. The van der Waals surface area contributed by atoms with Gasteiger partial charge in [-0.15, -0.1) is 0 Å². The van der Waals surface area contributed by atoms with Crippen molar-refractivity contribution >= 4 is 23.4 Å². The van der Waals surface area contributed by atoms with Gasteiger partial charge in [0.15, 0.2) is 0 Å². The lowest BCUT2D eigenvalue weighted by Gasteiger charge is -2.39. The lowest BCUT2D eigenvalue weighted by molar-refractivity contribution is -0.149. The summed E-state index contributed by atoms with van der Waals surface area (Å²) >= 11 is 5.65. The van der Waals surface area contributed by atoms with Gasteiger partial charge in [0.05, 0.1) is 0 Å². The highest BCUT2D eigenvalue weighted by Crippen LogP contribution is 2.18. The number of carbonyl (C=O) groups excluding carboxylic acids is 2. The maximum Gasteiger partial charge on any atom is 0.246 e. The molecule has 0 aromatic carbocycles. The standard InChI is InChI=1S/C13H21ClN2O2/c1-4-6-11-12(17)15-10(5-2)13(18)16(11)8-9(3)7-14/h7,10-11H,4-6,8H2,1-3H3,(H,15,17). The average Bonchev–Trinajstić information content (AvgIpc) is 2.37. The molecule has 1 fully saturated rings. The maximum absolute atomic E-state index is 12.3. The minimum atomic E-state index is -0.395. The number of hydrogen-bond acceptors (Lipinski definition) is 2. The van der Waals surface area contributed by atoms with E-state index in [0.717, 1.165) is 12.0 Å². The molecule has 18 heavy (non-hydrogen) atoms. The smallest absolute Gasteiger partial charge is 0.246 e. The minimum Gasteiger partial charge on any atom is -0.343 e. The molecule has 0 radical (unpaired) electrons. The predicted molar refractivity (Wildman–Crippen MR) is 72.2 cm³/mol. The van der Waals surface area contributed by atoms with Crippen molar-refractivity contribution in [3.05, 3.63) is 11.1 Å². The van der Waals surface area contributed by atoms with Gasteiger partial charge in [-0.1, -0.05) is 31.9 Å². The Morgan fingerprint density at radius 3 is 2.61 bits per heavy atom. The summed E-state index contributed by atoms with van der Waals surface area (Å²) in [6, 6.07) is -0.759. The van der Waals surface area contributed by atoms with Crippen LogP contribution >= 0.6 is 11.6 Å². The molecule has 0 aromatic heterocycles. The van der Waals surface area contributed by atoms with Gasteiger partial charge in [-0.3, -0.25) is 9.59 Å². The monoisotopic (exact) mass is 272 g/mol. The van der Waals surface area contributed by atoms with Gasteiger partial charge in [-0.2, -0.15) is 0 Å². The van der Waals surface area contributed by atoms with Crippen molar-refractivity contribution in [3.63, 3.8) is 0 Å². The topological polar surface area (TPSA) is 49.4 Å². The summed E-state index contributed by atoms with van der Waals surface area (Å²) in [5, 5.41) is 2.79. The van der Waals surface area contributed by atoms with E-state index in [9.17, 15) is 9.59 Å². The van der Waals surface area contributed by atoms with E-state index in [1.807, 2.05) is 20.8 Å². The first kappa shape index (κ1) is 15.0. The van der Waals surface area contributed by atoms with Crippen LogP contribution in [0.3, 0.4) is 0 Å². The van der Waals surface area contributed by atoms with Crippen LogP contribution in [-0.2, 0) is 9.59 Å². The Hall–Kier alpha value is -1.03. The molecule has 1 saturated heterocycles. The SMILES string of the molecule is CCCC1C(=O)NC(CC)C(=O)N1CC(C)=CCl. The number of nitrogens with zero attached hydrogens (tertiary/aromatic N) is 1. The van der Waals surface area contributed by atoms with Crippen LogP contribution < -0.4 is 5.32 Å². The Morgan fingerprint density at radius 2 is 2.11 bits per heavy atom. The molecule has 0 aliphatic carbocycles. The number of hydrogen-bond donors (Lipinski definition) is 1. The molecule has 2 unspecified atom stereocenters. The fourth-order valence-electron chi connectivity index (χ4n) is 2.15. The van der Waals surface area contributed by atoms with Crippen LogP contribution in [0, 0.1) is 0 Å². The molecule has 0 bridgehead atoms. The van der Waals surface area contributed by atoms with Gasteiger partial charge in [0.25, 0.3) is 0 Å². The van der Waals surface area contributed by atoms with Crippen molar-refractivity contribution in [2.45, 2.75) is 52.1 Å². The quantitative estimate of drug-likeness (QED) is 0.833. The third-order valence-electron chi connectivity index (χ3n) is 3.15. The molecule has 1 N–H and O–H groups in total. The lowest BCUT2D eigenvalue weighted by atomic mass is 10.0. The van der Waals surface area contributed by atoms with E-state index in [4.69, 9.17) is 11.6 Å². The maximum atomic E-state index is 12.3. The molecule has 0 aromatic rings. The summed E-state index contributed by atoms with van der Waals surface area (Å²) in [6.45, 7) is 6.19. The largest absolute Gasteiger partial charge is 0.343 e. The summed E-state index contributed by atoms with van der Waals surface area (Å²) in [7, 11) is 0. The molecule has 1 aliphatic rings. The molecule has 1 rings (SSSR count). The zero-order valence-electron chi connectivity index (χ0n) is 11.2. The first-order valence-electron chi connectivity index (χ1n) is 6.41. The third-order valence-corrected chi connectivity index (χ3v) is 3.53. The van der Waals surface area contributed by atoms with Crippen molar-refractivity contribution in [2.75, 3.05) is 6.54 Å². The molecular formula is C13H21ClN2O2. The summed E-state index contributed by atoms with van der Waals surface area (Å²) in [5.74, 6) is -0.0564. The second-order valence-corrected chi connectivity index (χ2v) is 4.91.